The van der Waals surface area contributed by atoms with Gasteiger partial charge in [0.1, 0.15) is 0 Å². The average molecular weight is 143 g/mol. The maximum absolute atomic E-state index is 10.5. The summed E-state index contributed by atoms with van der Waals surface area (Å²) in [5, 5.41) is 3.37. The number of hydrazone groups is 1. The molecular weight excluding hydrogens is 134 g/mol. The monoisotopic (exact) mass is 143 g/mol. The zero-order chi connectivity index (χ0) is 7.98. The second kappa shape index (κ2) is 4.37. The number of rotatable bonds is 2. The van der Waals surface area contributed by atoms with E-state index in [4.69, 9.17) is 5.73 Å². The first-order valence-electron chi connectivity index (χ1n) is 2.50. The Labute approximate surface area is 58.5 Å². The van der Waals surface area contributed by atoms with Crippen LogP contribution in [0.5, 0.6) is 0 Å². The molecule has 0 bridgehead atoms. The second-order valence-corrected chi connectivity index (χ2v) is 1.32. The van der Waals surface area contributed by atoms with Crippen molar-refractivity contribution in [3.05, 3.63) is 12.8 Å². The first-order chi connectivity index (χ1) is 4.72. The zero-order valence-electron chi connectivity index (χ0n) is 5.63. The minimum absolute atomic E-state index is 0.234. The molecule has 0 aliphatic carbocycles. The lowest BCUT2D eigenvalue weighted by atomic mass is 10.6. The minimum atomic E-state index is -0.672. The van der Waals surface area contributed by atoms with Crippen molar-refractivity contribution >= 4 is 11.8 Å². The Balaban J connectivity index is 3.91. The summed E-state index contributed by atoms with van der Waals surface area (Å²) < 4.78 is 4.24. The Bertz CT molecular complexity index is 164. The number of methoxy groups -OCH3 is 1. The van der Waals surface area contributed by atoms with Gasteiger partial charge in [0, 0.05) is 6.20 Å². The van der Waals surface area contributed by atoms with E-state index < -0.39 is 5.97 Å². The molecule has 0 aliphatic heterocycles. The number of amidine groups is 1. The van der Waals surface area contributed by atoms with E-state index in [1.807, 2.05) is 0 Å². The summed E-state index contributed by atoms with van der Waals surface area (Å²) in [6.07, 6.45) is 1.29. The number of hydrogen-bond acceptors (Lipinski definition) is 4. The fourth-order valence-electron chi connectivity index (χ4n) is 0.265. The van der Waals surface area contributed by atoms with Crippen molar-refractivity contribution in [2.45, 2.75) is 0 Å². The van der Waals surface area contributed by atoms with Gasteiger partial charge in [-0.15, -0.1) is 0 Å². The molecule has 3 N–H and O–H groups in total. The topological polar surface area (TPSA) is 76.7 Å². The Morgan fingerprint density at radius 1 is 1.90 bits per heavy atom. The molecule has 10 heavy (non-hydrogen) atoms. The third kappa shape index (κ3) is 2.71. The molecule has 0 saturated heterocycles. The van der Waals surface area contributed by atoms with Crippen molar-refractivity contribution in [3.8, 4) is 0 Å². The maximum atomic E-state index is 10.5. The normalized spacial score (nSPS) is 10.3. The number of nitrogens with zero attached hydrogens (tertiary/aromatic N) is 1. The van der Waals surface area contributed by atoms with Crippen LogP contribution in [0.2, 0.25) is 0 Å². The smallest absolute Gasteiger partial charge is 0.375 e. The van der Waals surface area contributed by atoms with Gasteiger partial charge in [-0.05, 0) is 0 Å². The summed E-state index contributed by atoms with van der Waals surface area (Å²) in [5.74, 6) is -0.906. The number of esters is 1. The van der Waals surface area contributed by atoms with Crippen LogP contribution in [0.3, 0.4) is 0 Å². The zero-order valence-corrected chi connectivity index (χ0v) is 5.63. The van der Waals surface area contributed by atoms with Gasteiger partial charge in [0.05, 0.1) is 7.11 Å². The van der Waals surface area contributed by atoms with Gasteiger partial charge >= 0.3 is 5.97 Å². The molecule has 0 atom stereocenters. The highest BCUT2D eigenvalue weighted by Gasteiger charge is 2.03. The summed E-state index contributed by atoms with van der Waals surface area (Å²) in [7, 11) is 1.22. The highest BCUT2D eigenvalue weighted by Crippen LogP contribution is 1.72. The summed E-state index contributed by atoms with van der Waals surface area (Å²) in [6.45, 7) is 3.29. The van der Waals surface area contributed by atoms with Gasteiger partial charge in [0.15, 0.2) is 0 Å². The van der Waals surface area contributed by atoms with Crippen LogP contribution in [0, 0.1) is 0 Å². The summed E-state index contributed by atoms with van der Waals surface area (Å²) in [5.41, 5.74) is 7.37. The molecule has 0 spiro atoms. The van der Waals surface area contributed by atoms with Crippen molar-refractivity contribution in [3.63, 3.8) is 0 Å². The lowest BCUT2D eigenvalue weighted by Crippen LogP contribution is -2.26. The highest BCUT2D eigenvalue weighted by molar-refractivity contribution is 6.34. The molecule has 5 nitrogen and oxygen atoms in total. The Kier molecular flexibility index (Phi) is 3.70. The van der Waals surface area contributed by atoms with Gasteiger partial charge in [-0.25, -0.2) is 4.79 Å². The van der Waals surface area contributed by atoms with E-state index in [9.17, 15) is 4.79 Å². The van der Waals surface area contributed by atoms with E-state index in [0.717, 1.165) is 0 Å². The third-order valence-corrected chi connectivity index (χ3v) is 0.671. The van der Waals surface area contributed by atoms with E-state index in [-0.39, 0.29) is 5.84 Å². The SMILES string of the molecule is C=CN/N=C(\N)C(=O)OC. The fraction of sp³-hybridized carbons (Fsp3) is 0.200. The van der Waals surface area contributed by atoms with Gasteiger partial charge in [0.25, 0.3) is 0 Å². The van der Waals surface area contributed by atoms with Crippen LogP contribution in [0.4, 0.5) is 0 Å². The predicted octanol–water partition coefficient (Wildman–Crippen LogP) is -0.835. The quantitative estimate of drug-likeness (QED) is 0.229. The molecule has 0 saturated carbocycles. The number of nitrogens with two attached hydrogens (primary N) is 1. The van der Waals surface area contributed by atoms with Gasteiger partial charge in [-0.1, -0.05) is 6.58 Å². The number of ether oxygens (including phenoxy) is 1. The maximum Gasteiger partial charge on any atom is 0.375 e. The van der Waals surface area contributed by atoms with E-state index >= 15 is 0 Å². The standard InChI is InChI=1S/C5H9N3O2/c1-3-7-8-4(6)5(9)10-2/h3,7H,1H2,2H3,(H2,6,8). The molecule has 0 aromatic rings. The second-order valence-electron chi connectivity index (χ2n) is 1.32. The van der Waals surface area contributed by atoms with Crippen molar-refractivity contribution in [2.75, 3.05) is 7.11 Å². The van der Waals surface area contributed by atoms with E-state index in [1.165, 1.54) is 13.3 Å². The summed E-state index contributed by atoms with van der Waals surface area (Å²) >= 11 is 0. The lowest BCUT2D eigenvalue weighted by Gasteiger charge is -1.95. The molecule has 0 aromatic carbocycles. The molecule has 0 aliphatic rings. The molecule has 0 fully saturated rings. The van der Waals surface area contributed by atoms with E-state index in [1.54, 1.807) is 0 Å². The molecule has 0 aromatic heterocycles. The first-order valence-corrected chi connectivity index (χ1v) is 2.50. The summed E-state index contributed by atoms with van der Waals surface area (Å²) in [4.78, 5) is 10.5. The summed E-state index contributed by atoms with van der Waals surface area (Å²) in [6, 6.07) is 0. The third-order valence-electron chi connectivity index (χ3n) is 0.671. The number of carbonyl (C=O) groups excluding carboxylic acids is 1. The van der Waals surface area contributed by atoms with E-state index in [0.29, 0.717) is 0 Å². The van der Waals surface area contributed by atoms with Crippen LogP contribution in [0.1, 0.15) is 0 Å². The molecule has 56 valence electrons. The van der Waals surface area contributed by atoms with Gasteiger partial charge < -0.3 is 10.5 Å². The average Bonchev–Trinajstić information content (AvgIpc) is 1.98. The molecule has 0 radical (unpaired) electrons. The lowest BCUT2D eigenvalue weighted by molar-refractivity contribution is -0.132. The van der Waals surface area contributed by atoms with E-state index in [2.05, 4.69) is 21.8 Å². The van der Waals surface area contributed by atoms with Crippen molar-refractivity contribution in [2.24, 2.45) is 10.8 Å². The van der Waals surface area contributed by atoms with Crippen molar-refractivity contribution < 1.29 is 9.53 Å². The molecule has 0 unspecified atom stereocenters. The predicted molar refractivity (Wildman–Crippen MR) is 37.0 cm³/mol. The van der Waals surface area contributed by atoms with Gasteiger partial charge in [0.2, 0.25) is 5.84 Å². The van der Waals surface area contributed by atoms with Crippen LogP contribution in [-0.4, -0.2) is 18.9 Å². The Morgan fingerprint density at radius 3 is 2.90 bits per heavy atom. The van der Waals surface area contributed by atoms with Crippen molar-refractivity contribution in [1.82, 2.24) is 5.43 Å². The Morgan fingerprint density at radius 2 is 2.50 bits per heavy atom. The highest BCUT2D eigenvalue weighted by atomic mass is 16.5. The number of nitrogens with one attached hydrogen (secondary N) is 1. The molecular formula is C5H9N3O2. The van der Waals surface area contributed by atoms with Crippen molar-refractivity contribution in [1.29, 1.82) is 0 Å². The number of carbonyl (C=O) groups is 1. The minimum Gasteiger partial charge on any atom is -0.463 e. The van der Waals surface area contributed by atoms with Gasteiger partial charge in [-0.2, -0.15) is 5.10 Å². The molecule has 0 rings (SSSR count). The van der Waals surface area contributed by atoms with Crippen LogP contribution in [0.25, 0.3) is 0 Å². The largest absolute Gasteiger partial charge is 0.463 e. The molecule has 0 heterocycles. The Hall–Kier alpha value is -1.52. The fourth-order valence-corrected chi connectivity index (χ4v) is 0.265. The molecule has 5 heteroatoms. The van der Waals surface area contributed by atoms with Crippen LogP contribution in [0.15, 0.2) is 17.9 Å². The molecule has 0 amide bonds. The van der Waals surface area contributed by atoms with Crippen LogP contribution >= 0.6 is 0 Å². The number of hydrogen-bond donors (Lipinski definition) is 2. The van der Waals surface area contributed by atoms with Crippen LogP contribution < -0.4 is 11.2 Å². The first kappa shape index (κ1) is 8.48. The van der Waals surface area contributed by atoms with Gasteiger partial charge in [-0.3, -0.25) is 5.43 Å². The van der Waals surface area contributed by atoms with Crippen LogP contribution in [-0.2, 0) is 9.53 Å².